The van der Waals surface area contributed by atoms with Crippen LogP contribution in [0.1, 0.15) is 22.7 Å². The quantitative estimate of drug-likeness (QED) is 0.586. The summed E-state index contributed by atoms with van der Waals surface area (Å²) in [6, 6.07) is 6.66. The fourth-order valence-corrected chi connectivity index (χ4v) is 1.96. The predicted octanol–water partition coefficient (Wildman–Crippen LogP) is 1.46. The number of aromatic amines is 1. The number of nitrogen functional groups attached to an aromatic ring is 1. The summed E-state index contributed by atoms with van der Waals surface area (Å²) >= 11 is 0. The minimum atomic E-state index is -0.485. The molecule has 2 rings (SSSR count). The van der Waals surface area contributed by atoms with Crippen molar-refractivity contribution in [2.75, 3.05) is 17.7 Å². The summed E-state index contributed by atoms with van der Waals surface area (Å²) in [5, 5.41) is 21.2. The van der Waals surface area contributed by atoms with Crippen molar-refractivity contribution in [2.24, 2.45) is 0 Å². The van der Waals surface area contributed by atoms with Gasteiger partial charge >= 0.3 is 6.03 Å². The summed E-state index contributed by atoms with van der Waals surface area (Å²) in [7, 11) is 0. The lowest BCUT2D eigenvalue weighted by molar-refractivity contribution is 0.225. The van der Waals surface area contributed by atoms with E-state index in [2.05, 4.69) is 20.8 Å². The molecule has 112 valence electrons. The highest BCUT2D eigenvalue weighted by Gasteiger charge is 2.15. The molecular weight excluding hydrogens is 270 g/mol. The number of H-pyrrole nitrogens is 1. The van der Waals surface area contributed by atoms with Crippen molar-refractivity contribution in [2.45, 2.75) is 19.9 Å². The van der Waals surface area contributed by atoms with Crippen molar-refractivity contribution < 1.29 is 9.90 Å². The third-order valence-electron chi connectivity index (χ3n) is 3.21. The van der Waals surface area contributed by atoms with Gasteiger partial charge in [0.25, 0.3) is 0 Å². The van der Waals surface area contributed by atoms with Crippen molar-refractivity contribution in [1.29, 1.82) is 0 Å². The molecular formula is C14H19N5O2. The fraction of sp³-hybridized carbons (Fsp3) is 0.286. The zero-order valence-electron chi connectivity index (χ0n) is 12.0. The zero-order chi connectivity index (χ0) is 15.4. The molecule has 0 aliphatic rings. The van der Waals surface area contributed by atoms with Crippen LogP contribution >= 0.6 is 0 Å². The smallest absolute Gasteiger partial charge is 0.321 e. The average Bonchev–Trinajstić information content (AvgIpc) is 2.77. The molecule has 1 aromatic heterocycles. The summed E-state index contributed by atoms with van der Waals surface area (Å²) < 4.78 is 0. The fourth-order valence-electron chi connectivity index (χ4n) is 1.96. The van der Waals surface area contributed by atoms with Gasteiger partial charge in [-0.15, -0.1) is 0 Å². The number of aliphatic hydroxyl groups excluding tert-OH is 1. The van der Waals surface area contributed by atoms with Crippen molar-refractivity contribution in [3.63, 3.8) is 0 Å². The van der Waals surface area contributed by atoms with Crippen molar-refractivity contribution >= 4 is 17.7 Å². The lowest BCUT2D eigenvalue weighted by Crippen LogP contribution is -2.34. The molecule has 0 fully saturated rings. The van der Waals surface area contributed by atoms with E-state index in [9.17, 15) is 9.90 Å². The lowest BCUT2D eigenvalue weighted by atomic mass is 10.1. The number of nitrogens with two attached hydrogens (primary N) is 1. The maximum Gasteiger partial charge on any atom is 0.321 e. The minimum absolute atomic E-state index is 0.196. The van der Waals surface area contributed by atoms with Crippen LogP contribution in [0.15, 0.2) is 24.3 Å². The number of hydrogen-bond acceptors (Lipinski definition) is 4. The van der Waals surface area contributed by atoms with E-state index in [0.29, 0.717) is 17.2 Å². The number of urea groups is 1. The highest BCUT2D eigenvalue weighted by atomic mass is 16.3. The first-order valence-corrected chi connectivity index (χ1v) is 6.56. The molecule has 0 radical (unpaired) electrons. The monoisotopic (exact) mass is 289 g/mol. The highest BCUT2D eigenvalue weighted by Crippen LogP contribution is 2.17. The standard InChI is InChI=1S/C14H19N5O2/c1-8-4-3-5-10(6-8)11(7-20)16-14(21)17-13-9(2)12(15)18-19-13/h3-6,11,20H,7H2,1-2H3,(H5,15,16,17,18,19,21)/t11-/m1/s1. The van der Waals surface area contributed by atoms with E-state index in [1.165, 1.54) is 0 Å². The van der Waals surface area contributed by atoms with Gasteiger partial charge in [-0.2, -0.15) is 5.10 Å². The Morgan fingerprint density at radius 1 is 1.48 bits per heavy atom. The Labute approximate surface area is 122 Å². The number of aliphatic hydroxyl groups is 1. The van der Waals surface area contributed by atoms with E-state index in [0.717, 1.165) is 11.1 Å². The third-order valence-corrected chi connectivity index (χ3v) is 3.21. The predicted molar refractivity (Wildman–Crippen MR) is 80.9 cm³/mol. The maximum absolute atomic E-state index is 12.0. The number of aromatic nitrogens is 2. The number of nitrogens with zero attached hydrogens (tertiary/aromatic N) is 1. The van der Waals surface area contributed by atoms with Crippen LogP contribution in [0.2, 0.25) is 0 Å². The molecule has 1 heterocycles. The molecule has 7 nitrogen and oxygen atoms in total. The first kappa shape index (κ1) is 14.9. The molecule has 0 aliphatic heterocycles. The van der Waals surface area contributed by atoms with Crippen LogP contribution in [0.4, 0.5) is 16.4 Å². The van der Waals surface area contributed by atoms with E-state index in [4.69, 9.17) is 5.73 Å². The van der Waals surface area contributed by atoms with Crippen LogP contribution in [-0.4, -0.2) is 27.9 Å². The van der Waals surface area contributed by atoms with Gasteiger partial charge in [0.1, 0.15) is 5.82 Å². The van der Waals surface area contributed by atoms with Crippen LogP contribution < -0.4 is 16.4 Å². The lowest BCUT2D eigenvalue weighted by Gasteiger charge is -2.17. The van der Waals surface area contributed by atoms with Gasteiger partial charge in [0, 0.05) is 5.56 Å². The summed E-state index contributed by atoms with van der Waals surface area (Å²) in [5.74, 6) is 0.772. The number of hydrogen-bond donors (Lipinski definition) is 5. The second-order valence-electron chi connectivity index (χ2n) is 4.86. The van der Waals surface area contributed by atoms with Crippen molar-refractivity contribution in [1.82, 2.24) is 15.5 Å². The van der Waals surface area contributed by atoms with Crippen molar-refractivity contribution in [3.05, 3.63) is 41.0 Å². The topological polar surface area (TPSA) is 116 Å². The summed E-state index contributed by atoms with van der Waals surface area (Å²) in [6.07, 6.45) is 0. The van der Waals surface area contributed by atoms with Crippen LogP contribution in [0, 0.1) is 13.8 Å². The van der Waals surface area contributed by atoms with E-state index >= 15 is 0 Å². The Balaban J connectivity index is 2.05. The Morgan fingerprint density at radius 3 is 2.81 bits per heavy atom. The summed E-state index contributed by atoms with van der Waals surface area (Å²) in [6.45, 7) is 3.50. The molecule has 2 aromatic rings. The number of nitrogens with one attached hydrogen (secondary N) is 3. The van der Waals surface area contributed by atoms with Gasteiger partial charge in [-0.25, -0.2) is 4.79 Å². The minimum Gasteiger partial charge on any atom is -0.394 e. The van der Waals surface area contributed by atoms with Gasteiger partial charge in [-0.05, 0) is 19.4 Å². The zero-order valence-corrected chi connectivity index (χ0v) is 12.0. The van der Waals surface area contributed by atoms with Crippen LogP contribution in [0.5, 0.6) is 0 Å². The van der Waals surface area contributed by atoms with Gasteiger partial charge < -0.3 is 16.2 Å². The molecule has 6 N–H and O–H groups in total. The first-order valence-electron chi connectivity index (χ1n) is 6.56. The van der Waals surface area contributed by atoms with Gasteiger partial charge in [0.05, 0.1) is 12.6 Å². The highest BCUT2D eigenvalue weighted by molar-refractivity contribution is 5.89. The molecule has 0 saturated heterocycles. The SMILES string of the molecule is Cc1cccc([C@@H](CO)NC(=O)Nc2n[nH]c(N)c2C)c1. The van der Waals surface area contributed by atoms with E-state index in [1.54, 1.807) is 6.92 Å². The number of carbonyl (C=O) groups excluding carboxylic acids is 1. The molecule has 0 saturated carbocycles. The van der Waals surface area contributed by atoms with E-state index < -0.39 is 12.1 Å². The van der Waals surface area contributed by atoms with Crippen LogP contribution in [0.3, 0.4) is 0 Å². The third kappa shape index (κ3) is 3.51. The Morgan fingerprint density at radius 2 is 2.24 bits per heavy atom. The number of carbonyl (C=O) groups is 1. The van der Waals surface area contributed by atoms with Gasteiger partial charge in [-0.3, -0.25) is 10.4 Å². The maximum atomic E-state index is 12.0. The molecule has 0 aliphatic carbocycles. The normalized spacial score (nSPS) is 12.0. The molecule has 0 unspecified atom stereocenters. The molecule has 0 spiro atoms. The summed E-state index contributed by atoms with van der Waals surface area (Å²) in [4.78, 5) is 12.0. The van der Waals surface area contributed by atoms with Crippen molar-refractivity contribution in [3.8, 4) is 0 Å². The molecule has 0 bridgehead atoms. The number of aryl methyl sites for hydroxylation is 1. The van der Waals surface area contributed by atoms with Gasteiger partial charge in [0.15, 0.2) is 5.82 Å². The number of rotatable bonds is 4. The van der Waals surface area contributed by atoms with Crippen LogP contribution in [0.25, 0.3) is 0 Å². The number of anilines is 2. The molecule has 21 heavy (non-hydrogen) atoms. The Bertz CT molecular complexity index is 638. The molecule has 2 amide bonds. The largest absolute Gasteiger partial charge is 0.394 e. The molecule has 1 atom stereocenters. The molecule has 1 aromatic carbocycles. The molecule has 7 heteroatoms. The number of benzene rings is 1. The second-order valence-corrected chi connectivity index (χ2v) is 4.86. The Kier molecular flexibility index (Phi) is 4.44. The van der Waals surface area contributed by atoms with E-state index in [1.807, 2.05) is 31.2 Å². The Hall–Kier alpha value is -2.54. The summed E-state index contributed by atoms with van der Waals surface area (Å²) in [5.41, 5.74) is 8.19. The first-order chi connectivity index (χ1) is 10.0. The average molecular weight is 289 g/mol. The van der Waals surface area contributed by atoms with Crippen LogP contribution in [-0.2, 0) is 0 Å². The van der Waals surface area contributed by atoms with E-state index in [-0.39, 0.29) is 6.61 Å². The number of amides is 2. The second kappa shape index (κ2) is 6.27. The van der Waals surface area contributed by atoms with Gasteiger partial charge in [-0.1, -0.05) is 29.8 Å². The van der Waals surface area contributed by atoms with Gasteiger partial charge in [0.2, 0.25) is 0 Å².